The van der Waals surface area contributed by atoms with Gasteiger partial charge in [0.2, 0.25) is 0 Å². The van der Waals surface area contributed by atoms with Gasteiger partial charge < -0.3 is 10.2 Å². The summed E-state index contributed by atoms with van der Waals surface area (Å²) in [5, 5.41) is 4.31. The lowest BCUT2D eigenvalue weighted by atomic mass is 9.82. The van der Waals surface area contributed by atoms with E-state index in [9.17, 15) is 0 Å². The van der Waals surface area contributed by atoms with Crippen LogP contribution in [-0.2, 0) is 0 Å². The van der Waals surface area contributed by atoms with Gasteiger partial charge >= 0.3 is 0 Å². The summed E-state index contributed by atoms with van der Waals surface area (Å²) in [5.74, 6) is 1.12. The van der Waals surface area contributed by atoms with E-state index < -0.39 is 0 Å². The Morgan fingerprint density at radius 3 is 3.14 bits per heavy atom. The van der Waals surface area contributed by atoms with Crippen LogP contribution in [0.25, 0.3) is 0 Å². The summed E-state index contributed by atoms with van der Waals surface area (Å²) in [6.07, 6.45) is 5.54. The minimum Gasteiger partial charge on any atom is -0.353 e. The van der Waals surface area contributed by atoms with Crippen LogP contribution in [0.2, 0.25) is 5.02 Å². The Hall–Kier alpha value is -1.78. The van der Waals surface area contributed by atoms with E-state index >= 15 is 0 Å². The molecule has 2 bridgehead atoms. The smallest absolute Gasteiger partial charge is 0.136 e. The molecule has 5 rings (SSSR count). The molecule has 1 aromatic rings. The lowest BCUT2D eigenvalue weighted by Crippen LogP contribution is -2.55. The first-order valence-electron chi connectivity index (χ1n) is 7.70. The van der Waals surface area contributed by atoms with E-state index in [0.29, 0.717) is 0 Å². The van der Waals surface area contributed by atoms with Crippen LogP contribution in [0.5, 0.6) is 0 Å². The number of fused-ring (bicyclic) bond motifs is 3. The van der Waals surface area contributed by atoms with Crippen molar-refractivity contribution in [2.24, 2.45) is 4.99 Å². The molecule has 3 heterocycles. The van der Waals surface area contributed by atoms with E-state index in [1.165, 1.54) is 11.3 Å². The van der Waals surface area contributed by atoms with E-state index in [2.05, 4.69) is 34.3 Å². The van der Waals surface area contributed by atoms with Gasteiger partial charge in [0.1, 0.15) is 5.84 Å². The first kappa shape index (κ1) is 12.7. The van der Waals surface area contributed by atoms with Crippen molar-refractivity contribution in [3.8, 4) is 0 Å². The fraction of sp³-hybridized carbons (Fsp3) is 0.353. The van der Waals surface area contributed by atoms with Crippen LogP contribution >= 0.6 is 11.6 Å². The van der Waals surface area contributed by atoms with Gasteiger partial charge in [0.25, 0.3) is 0 Å². The summed E-state index contributed by atoms with van der Waals surface area (Å²) >= 11 is 6.17. The number of benzene rings is 1. The number of likely N-dealkylation sites (N-methyl/N-ethyl adjacent to an activating group) is 1. The van der Waals surface area contributed by atoms with Gasteiger partial charge in [0.05, 0.1) is 16.9 Å². The Labute approximate surface area is 134 Å². The van der Waals surface area contributed by atoms with Crippen molar-refractivity contribution in [2.45, 2.75) is 12.0 Å². The molecule has 4 aliphatic rings. The van der Waals surface area contributed by atoms with Gasteiger partial charge in [-0.15, -0.1) is 0 Å². The van der Waals surface area contributed by atoms with Crippen LogP contribution in [0, 0.1) is 0 Å². The average molecular weight is 313 g/mol. The maximum atomic E-state index is 6.17. The van der Waals surface area contributed by atoms with Gasteiger partial charge in [-0.2, -0.15) is 0 Å². The Morgan fingerprint density at radius 2 is 2.23 bits per heavy atom. The third-order valence-corrected chi connectivity index (χ3v) is 5.58. The first-order valence-corrected chi connectivity index (χ1v) is 8.08. The van der Waals surface area contributed by atoms with E-state index in [-0.39, 0.29) is 5.54 Å². The first-order chi connectivity index (χ1) is 10.7. The van der Waals surface area contributed by atoms with Crippen LogP contribution < -0.4 is 5.32 Å². The van der Waals surface area contributed by atoms with Crippen molar-refractivity contribution in [1.29, 1.82) is 0 Å². The number of anilines is 1. The average Bonchev–Trinajstić information content (AvgIpc) is 2.65. The lowest BCUT2D eigenvalue weighted by Gasteiger charge is -2.43. The number of hydrogen-bond acceptors (Lipinski definition) is 4. The van der Waals surface area contributed by atoms with Crippen LogP contribution in [0.1, 0.15) is 6.42 Å². The van der Waals surface area contributed by atoms with E-state index in [0.717, 1.165) is 48.3 Å². The molecule has 0 amide bonds. The topological polar surface area (TPSA) is 30.9 Å². The van der Waals surface area contributed by atoms with Crippen molar-refractivity contribution in [3.05, 3.63) is 46.6 Å². The molecule has 3 aliphatic heterocycles. The number of nitrogens with zero attached hydrogens (tertiary/aromatic N) is 3. The van der Waals surface area contributed by atoms with Gasteiger partial charge in [-0.3, -0.25) is 4.90 Å². The number of hydrogen-bond donors (Lipinski definition) is 1. The molecule has 2 saturated heterocycles. The summed E-state index contributed by atoms with van der Waals surface area (Å²) < 4.78 is 0. The quantitative estimate of drug-likeness (QED) is 0.799. The molecule has 1 atom stereocenters. The van der Waals surface area contributed by atoms with Gasteiger partial charge in [0.15, 0.2) is 0 Å². The molecule has 1 N–H and O–H groups in total. The highest BCUT2D eigenvalue weighted by Gasteiger charge is 2.53. The largest absolute Gasteiger partial charge is 0.353 e. The summed E-state index contributed by atoms with van der Waals surface area (Å²) in [5.41, 5.74) is 4.55. The molecule has 22 heavy (non-hydrogen) atoms. The minimum atomic E-state index is 0.0694. The summed E-state index contributed by atoms with van der Waals surface area (Å²) in [6.45, 7) is 3.14. The van der Waals surface area contributed by atoms with Crippen molar-refractivity contribution >= 4 is 28.8 Å². The molecular formula is C17H17ClN4. The van der Waals surface area contributed by atoms with E-state index in [1.54, 1.807) is 0 Å². The third-order valence-electron chi connectivity index (χ3n) is 5.34. The van der Waals surface area contributed by atoms with Crippen molar-refractivity contribution in [1.82, 2.24) is 9.80 Å². The Kier molecular flexibility index (Phi) is 2.40. The number of halogens is 1. The predicted molar refractivity (Wildman–Crippen MR) is 89.9 cm³/mol. The number of allylic oxidation sites excluding steroid dienone is 1. The molecule has 2 fully saturated rings. The highest BCUT2D eigenvalue weighted by molar-refractivity contribution is 6.31. The molecule has 0 saturated carbocycles. The monoisotopic (exact) mass is 312 g/mol. The third kappa shape index (κ3) is 1.49. The number of amidine groups is 1. The van der Waals surface area contributed by atoms with Crippen molar-refractivity contribution < 1.29 is 0 Å². The highest BCUT2D eigenvalue weighted by atomic mass is 35.5. The van der Waals surface area contributed by atoms with Crippen molar-refractivity contribution in [2.75, 3.05) is 32.0 Å². The standard InChI is InChI=1S/C17H17ClN4/c1-21-7-8-22-10-17(21)6-2-3-13-15(17)16(22)20-14-9-11(18)4-5-12(14)19-13/h2-5,9,19H,6-8,10H2,1H3. The second-order valence-electron chi connectivity index (χ2n) is 6.49. The number of rotatable bonds is 0. The second kappa shape index (κ2) is 4.15. The van der Waals surface area contributed by atoms with Gasteiger partial charge in [-0.05, 0) is 37.7 Å². The second-order valence-corrected chi connectivity index (χ2v) is 6.93. The predicted octanol–water partition coefficient (Wildman–Crippen LogP) is 3.01. The highest BCUT2D eigenvalue weighted by Crippen LogP contribution is 2.47. The Balaban J connectivity index is 1.79. The summed E-state index contributed by atoms with van der Waals surface area (Å²) in [7, 11) is 2.24. The summed E-state index contributed by atoms with van der Waals surface area (Å²) in [6, 6.07) is 5.87. The number of aliphatic imine (C=N–C) groups is 1. The molecule has 1 aliphatic carbocycles. The summed E-state index contributed by atoms with van der Waals surface area (Å²) in [4.78, 5) is 9.92. The maximum Gasteiger partial charge on any atom is 0.136 e. The van der Waals surface area contributed by atoms with Crippen molar-refractivity contribution in [3.63, 3.8) is 0 Å². The van der Waals surface area contributed by atoms with Gasteiger partial charge in [0, 0.05) is 35.9 Å². The fourth-order valence-corrected chi connectivity index (χ4v) is 4.33. The molecular weight excluding hydrogens is 296 g/mol. The van der Waals surface area contributed by atoms with Crippen LogP contribution in [0.3, 0.4) is 0 Å². The van der Waals surface area contributed by atoms with Crippen LogP contribution in [-0.4, -0.2) is 47.9 Å². The van der Waals surface area contributed by atoms with Crippen LogP contribution in [0.15, 0.2) is 46.6 Å². The number of nitrogens with one attached hydrogen (secondary N) is 1. The fourth-order valence-electron chi connectivity index (χ4n) is 4.16. The van der Waals surface area contributed by atoms with Crippen LogP contribution in [0.4, 0.5) is 11.4 Å². The Bertz CT molecular complexity index is 779. The molecule has 1 aromatic carbocycles. The molecule has 4 nitrogen and oxygen atoms in total. The molecule has 5 heteroatoms. The van der Waals surface area contributed by atoms with Gasteiger partial charge in [-0.1, -0.05) is 17.7 Å². The number of piperazine rings is 1. The molecule has 112 valence electrons. The zero-order valence-corrected chi connectivity index (χ0v) is 13.2. The normalized spacial score (nSPS) is 28.8. The van der Waals surface area contributed by atoms with E-state index in [1.807, 2.05) is 18.2 Å². The SMILES string of the molecule is CN1CCN2CC13CC=CC1=C3C2=Nc2cc(Cl)ccc2N1. The van der Waals surface area contributed by atoms with Gasteiger partial charge in [-0.25, -0.2) is 4.99 Å². The molecule has 1 unspecified atom stereocenters. The van der Waals surface area contributed by atoms with E-state index in [4.69, 9.17) is 16.6 Å². The maximum absolute atomic E-state index is 6.17. The molecule has 1 spiro atoms. The Morgan fingerprint density at radius 1 is 1.32 bits per heavy atom. The zero-order valence-electron chi connectivity index (χ0n) is 12.4. The molecule has 0 radical (unpaired) electrons. The lowest BCUT2D eigenvalue weighted by molar-refractivity contribution is 0.102. The molecule has 0 aromatic heterocycles. The minimum absolute atomic E-state index is 0.0694. The zero-order chi connectivity index (χ0) is 14.9.